The molecule has 0 radical (unpaired) electrons. The van der Waals surface area contributed by atoms with Gasteiger partial charge in [-0.1, -0.05) is 42.5 Å². The van der Waals surface area contributed by atoms with E-state index in [-0.39, 0.29) is 12.5 Å². The summed E-state index contributed by atoms with van der Waals surface area (Å²) < 4.78 is 5.33. The number of methoxy groups -OCH3 is 1. The van der Waals surface area contributed by atoms with Crippen LogP contribution in [0.5, 0.6) is 5.75 Å². The van der Waals surface area contributed by atoms with Crippen molar-refractivity contribution in [2.75, 3.05) is 25.1 Å². The van der Waals surface area contributed by atoms with Crippen LogP contribution in [-0.2, 0) is 11.2 Å². The average Bonchev–Trinajstić information content (AvgIpc) is 3.21. The topological polar surface area (TPSA) is 61.8 Å². The third-order valence-electron chi connectivity index (χ3n) is 5.93. The molecule has 5 heteroatoms. The van der Waals surface area contributed by atoms with E-state index in [2.05, 4.69) is 59.6 Å². The molecule has 30 heavy (non-hydrogen) atoms. The number of carboxylic acid groups (broad SMARTS) is 1. The molecule has 0 spiro atoms. The minimum Gasteiger partial charge on any atom is -0.496 e. The Morgan fingerprint density at radius 1 is 1.20 bits per heavy atom. The Balaban J connectivity index is 1.46. The standard InChI is InChI=1S/C25H28N2O3/c1-17(22-9-5-7-18-6-3-4-8-23(18)22)26-20-12-13-27(16-20)21-10-11-24(30-2)19(14-21)15-25(28)29/h3-11,14,17,20,26H,12-13,15-16H2,1-2H3,(H,28,29)/t17-,20+/m1/s1. The van der Waals surface area contributed by atoms with Gasteiger partial charge in [0, 0.05) is 36.4 Å². The van der Waals surface area contributed by atoms with Crippen molar-refractivity contribution in [2.24, 2.45) is 0 Å². The van der Waals surface area contributed by atoms with Crippen molar-refractivity contribution in [3.05, 3.63) is 71.8 Å². The number of rotatable bonds is 7. The minimum absolute atomic E-state index is 0.0371. The zero-order valence-corrected chi connectivity index (χ0v) is 17.5. The Morgan fingerprint density at radius 2 is 2.00 bits per heavy atom. The predicted molar refractivity (Wildman–Crippen MR) is 120 cm³/mol. The van der Waals surface area contributed by atoms with Gasteiger partial charge in [-0.15, -0.1) is 0 Å². The fourth-order valence-corrected chi connectivity index (χ4v) is 4.46. The molecule has 5 nitrogen and oxygen atoms in total. The summed E-state index contributed by atoms with van der Waals surface area (Å²) in [6.45, 7) is 4.06. The number of ether oxygens (including phenoxy) is 1. The molecule has 0 saturated carbocycles. The lowest BCUT2D eigenvalue weighted by atomic mass is 9.99. The summed E-state index contributed by atoms with van der Waals surface area (Å²) in [6, 6.07) is 21.4. The third kappa shape index (κ3) is 4.26. The van der Waals surface area contributed by atoms with Gasteiger partial charge in [-0.2, -0.15) is 0 Å². The van der Waals surface area contributed by atoms with Crippen LogP contribution in [0, 0.1) is 0 Å². The maximum atomic E-state index is 11.2. The van der Waals surface area contributed by atoms with Crippen LogP contribution in [0.3, 0.4) is 0 Å². The zero-order chi connectivity index (χ0) is 21.1. The quantitative estimate of drug-likeness (QED) is 0.611. The molecule has 1 heterocycles. The fraction of sp³-hybridized carbons (Fsp3) is 0.320. The van der Waals surface area contributed by atoms with Crippen molar-refractivity contribution in [3.63, 3.8) is 0 Å². The van der Waals surface area contributed by atoms with Crippen LogP contribution < -0.4 is 15.0 Å². The number of hydrogen-bond acceptors (Lipinski definition) is 4. The van der Waals surface area contributed by atoms with Crippen LogP contribution in [0.2, 0.25) is 0 Å². The van der Waals surface area contributed by atoms with Crippen molar-refractivity contribution >= 4 is 22.4 Å². The molecule has 1 fully saturated rings. The Bertz CT molecular complexity index is 1040. The molecule has 3 aromatic rings. The second-order valence-corrected chi connectivity index (χ2v) is 7.96. The molecular formula is C25H28N2O3. The number of aliphatic carboxylic acids is 1. The van der Waals surface area contributed by atoms with Crippen molar-refractivity contribution in [3.8, 4) is 5.75 Å². The van der Waals surface area contributed by atoms with Gasteiger partial charge in [-0.05, 0) is 47.9 Å². The van der Waals surface area contributed by atoms with Crippen LogP contribution in [-0.4, -0.2) is 37.3 Å². The van der Waals surface area contributed by atoms with Crippen molar-refractivity contribution in [1.82, 2.24) is 5.32 Å². The fourth-order valence-electron chi connectivity index (χ4n) is 4.46. The highest BCUT2D eigenvalue weighted by molar-refractivity contribution is 5.86. The van der Waals surface area contributed by atoms with Gasteiger partial charge < -0.3 is 20.1 Å². The lowest BCUT2D eigenvalue weighted by Gasteiger charge is -2.23. The maximum Gasteiger partial charge on any atom is 0.307 e. The Labute approximate surface area is 177 Å². The van der Waals surface area contributed by atoms with Crippen LogP contribution in [0.25, 0.3) is 10.8 Å². The highest BCUT2D eigenvalue weighted by atomic mass is 16.5. The molecule has 3 aromatic carbocycles. The van der Waals surface area contributed by atoms with E-state index in [1.54, 1.807) is 7.11 Å². The molecule has 0 bridgehead atoms. The summed E-state index contributed by atoms with van der Waals surface area (Å²) in [5.41, 5.74) is 3.08. The molecular weight excluding hydrogens is 376 g/mol. The third-order valence-corrected chi connectivity index (χ3v) is 5.93. The van der Waals surface area contributed by atoms with E-state index < -0.39 is 5.97 Å². The number of carbonyl (C=O) groups is 1. The van der Waals surface area contributed by atoms with Gasteiger partial charge in [0.25, 0.3) is 0 Å². The van der Waals surface area contributed by atoms with Gasteiger partial charge in [0.05, 0.1) is 13.5 Å². The van der Waals surface area contributed by atoms with Gasteiger partial charge in [0.15, 0.2) is 0 Å². The molecule has 1 aliphatic heterocycles. The first-order valence-corrected chi connectivity index (χ1v) is 10.4. The van der Waals surface area contributed by atoms with E-state index in [0.717, 1.165) is 25.2 Å². The highest BCUT2D eigenvalue weighted by Crippen LogP contribution is 2.29. The van der Waals surface area contributed by atoms with E-state index in [4.69, 9.17) is 4.74 Å². The molecule has 0 unspecified atom stereocenters. The van der Waals surface area contributed by atoms with Gasteiger partial charge in [-0.25, -0.2) is 0 Å². The number of benzene rings is 3. The first kappa shape index (κ1) is 20.2. The number of anilines is 1. The number of nitrogens with one attached hydrogen (secondary N) is 1. The Kier molecular flexibility index (Phi) is 5.91. The lowest BCUT2D eigenvalue weighted by molar-refractivity contribution is -0.136. The van der Waals surface area contributed by atoms with Crippen LogP contribution >= 0.6 is 0 Å². The molecule has 0 amide bonds. The number of fused-ring (bicyclic) bond motifs is 1. The van der Waals surface area contributed by atoms with Gasteiger partial charge in [0.1, 0.15) is 5.75 Å². The van der Waals surface area contributed by atoms with Crippen molar-refractivity contribution < 1.29 is 14.6 Å². The Morgan fingerprint density at radius 3 is 2.80 bits per heavy atom. The van der Waals surface area contributed by atoms with Crippen LogP contribution in [0.1, 0.15) is 30.5 Å². The number of carboxylic acids is 1. The second kappa shape index (κ2) is 8.76. The molecule has 4 rings (SSSR count). The largest absolute Gasteiger partial charge is 0.496 e. The maximum absolute atomic E-state index is 11.2. The molecule has 2 atom stereocenters. The van der Waals surface area contributed by atoms with E-state index in [1.807, 2.05) is 18.2 Å². The molecule has 2 N–H and O–H groups in total. The van der Waals surface area contributed by atoms with E-state index in [1.165, 1.54) is 16.3 Å². The molecule has 0 aliphatic carbocycles. The summed E-state index contributed by atoms with van der Waals surface area (Å²) in [4.78, 5) is 13.5. The highest BCUT2D eigenvalue weighted by Gasteiger charge is 2.25. The molecule has 0 aromatic heterocycles. The first-order chi connectivity index (χ1) is 14.5. The Hall–Kier alpha value is -3.05. The number of nitrogens with zero attached hydrogens (tertiary/aromatic N) is 1. The second-order valence-electron chi connectivity index (χ2n) is 7.96. The summed E-state index contributed by atoms with van der Waals surface area (Å²) in [5, 5.41) is 15.5. The summed E-state index contributed by atoms with van der Waals surface area (Å²) in [6.07, 6.45) is 1.01. The predicted octanol–water partition coefficient (Wildman–Crippen LogP) is 4.41. The van der Waals surface area contributed by atoms with Crippen LogP contribution in [0.4, 0.5) is 5.69 Å². The molecule has 1 saturated heterocycles. The zero-order valence-electron chi connectivity index (χ0n) is 17.5. The molecule has 1 aliphatic rings. The monoisotopic (exact) mass is 404 g/mol. The SMILES string of the molecule is COc1ccc(N2CC[C@H](N[C@H](C)c3cccc4ccccc34)C2)cc1CC(=O)O. The van der Waals surface area contributed by atoms with Crippen LogP contribution in [0.15, 0.2) is 60.7 Å². The number of hydrogen-bond donors (Lipinski definition) is 2. The van der Waals surface area contributed by atoms with E-state index in [0.29, 0.717) is 17.4 Å². The van der Waals surface area contributed by atoms with Gasteiger partial charge in [-0.3, -0.25) is 4.79 Å². The summed E-state index contributed by atoms with van der Waals surface area (Å²) >= 11 is 0. The normalized spacial score (nSPS) is 17.3. The smallest absolute Gasteiger partial charge is 0.307 e. The molecule has 156 valence electrons. The lowest BCUT2D eigenvalue weighted by Crippen LogP contribution is -2.34. The van der Waals surface area contributed by atoms with Crippen molar-refractivity contribution in [2.45, 2.75) is 31.8 Å². The van der Waals surface area contributed by atoms with E-state index >= 15 is 0 Å². The summed E-state index contributed by atoms with van der Waals surface area (Å²) in [7, 11) is 1.57. The first-order valence-electron chi connectivity index (χ1n) is 10.4. The average molecular weight is 405 g/mol. The van der Waals surface area contributed by atoms with Gasteiger partial charge >= 0.3 is 5.97 Å². The van der Waals surface area contributed by atoms with Gasteiger partial charge in [0.2, 0.25) is 0 Å². The minimum atomic E-state index is -0.852. The van der Waals surface area contributed by atoms with Crippen molar-refractivity contribution in [1.29, 1.82) is 0 Å². The summed E-state index contributed by atoms with van der Waals surface area (Å²) in [5.74, 6) is -0.227. The van der Waals surface area contributed by atoms with E-state index in [9.17, 15) is 9.90 Å².